The van der Waals surface area contributed by atoms with Crippen molar-refractivity contribution in [3.8, 4) is 0 Å². The van der Waals surface area contributed by atoms with E-state index in [0.717, 1.165) is 5.76 Å². The van der Waals surface area contributed by atoms with Crippen molar-refractivity contribution in [3.63, 3.8) is 0 Å². The van der Waals surface area contributed by atoms with E-state index in [0.29, 0.717) is 37.6 Å². The van der Waals surface area contributed by atoms with Crippen LogP contribution in [0.15, 0.2) is 22.9 Å². The predicted octanol–water partition coefficient (Wildman–Crippen LogP) is 1.84. The molecule has 0 spiro atoms. The van der Waals surface area contributed by atoms with Crippen molar-refractivity contribution in [2.45, 2.75) is 39.3 Å². The number of aryl methyl sites for hydroxylation is 1. The Morgan fingerprint density at radius 1 is 1.48 bits per heavy atom. The Hall–Kier alpha value is -2.15. The molecule has 7 heteroatoms. The van der Waals surface area contributed by atoms with Gasteiger partial charge in [0, 0.05) is 25.2 Å². The summed E-state index contributed by atoms with van der Waals surface area (Å²) < 4.78 is 13.2. The van der Waals surface area contributed by atoms with Crippen LogP contribution in [0.1, 0.15) is 41.6 Å². The number of hydrogen-bond acceptors (Lipinski definition) is 5. The zero-order chi connectivity index (χ0) is 16.4. The summed E-state index contributed by atoms with van der Waals surface area (Å²) in [6, 6.07) is 1.87. The van der Waals surface area contributed by atoms with Crippen LogP contribution in [-0.4, -0.2) is 51.6 Å². The van der Waals surface area contributed by atoms with E-state index in [2.05, 4.69) is 24.2 Å². The highest BCUT2D eigenvalue weighted by Gasteiger charge is 2.28. The highest BCUT2D eigenvalue weighted by Crippen LogP contribution is 2.23. The number of aromatic nitrogens is 3. The number of rotatable bonds is 4. The summed E-state index contributed by atoms with van der Waals surface area (Å²) in [5, 5.41) is 7.73. The second-order valence-corrected chi connectivity index (χ2v) is 6.14. The zero-order valence-corrected chi connectivity index (χ0v) is 13.7. The van der Waals surface area contributed by atoms with Gasteiger partial charge < -0.3 is 14.1 Å². The van der Waals surface area contributed by atoms with E-state index in [1.165, 1.54) is 0 Å². The Kier molecular flexibility index (Phi) is 4.47. The smallest absolute Gasteiger partial charge is 0.257 e. The molecule has 0 radical (unpaired) electrons. The molecular formula is C16H22N4O3. The van der Waals surface area contributed by atoms with E-state index in [-0.39, 0.29) is 17.9 Å². The molecule has 3 heterocycles. The number of nitrogens with zero attached hydrogens (tertiary/aromatic N) is 4. The van der Waals surface area contributed by atoms with E-state index in [4.69, 9.17) is 9.15 Å². The van der Waals surface area contributed by atoms with Crippen molar-refractivity contribution in [3.05, 3.63) is 35.5 Å². The maximum Gasteiger partial charge on any atom is 0.257 e. The van der Waals surface area contributed by atoms with Gasteiger partial charge in [-0.3, -0.25) is 4.79 Å². The number of hydrogen-bond donors (Lipinski definition) is 0. The number of amides is 1. The first-order valence-corrected chi connectivity index (χ1v) is 7.90. The fraction of sp³-hybridized carbons (Fsp3) is 0.562. The Balaban J connectivity index is 1.69. The minimum absolute atomic E-state index is 0.00467. The molecule has 0 N–H and O–H groups in total. The number of morpholine rings is 1. The first-order valence-electron chi connectivity index (χ1n) is 7.90. The fourth-order valence-corrected chi connectivity index (χ4v) is 2.73. The molecule has 124 valence electrons. The Morgan fingerprint density at radius 2 is 2.30 bits per heavy atom. The lowest BCUT2D eigenvalue weighted by molar-refractivity contribution is -0.0302. The Labute approximate surface area is 135 Å². The van der Waals surface area contributed by atoms with Gasteiger partial charge >= 0.3 is 0 Å². The summed E-state index contributed by atoms with van der Waals surface area (Å²) in [5.41, 5.74) is 0.648. The maximum atomic E-state index is 12.8. The molecule has 1 unspecified atom stereocenters. The number of furan rings is 1. The van der Waals surface area contributed by atoms with Crippen LogP contribution < -0.4 is 0 Å². The fourth-order valence-electron chi connectivity index (χ4n) is 2.73. The summed E-state index contributed by atoms with van der Waals surface area (Å²) in [6.45, 7) is 8.19. The number of carbonyl (C=O) groups excluding carboxylic acids is 1. The van der Waals surface area contributed by atoms with Crippen molar-refractivity contribution in [2.75, 3.05) is 19.7 Å². The second-order valence-electron chi connectivity index (χ2n) is 6.14. The highest BCUT2D eigenvalue weighted by molar-refractivity contribution is 5.95. The monoisotopic (exact) mass is 318 g/mol. The van der Waals surface area contributed by atoms with Crippen LogP contribution in [0.25, 0.3) is 0 Å². The topological polar surface area (TPSA) is 73.4 Å². The van der Waals surface area contributed by atoms with Crippen molar-refractivity contribution >= 4 is 5.91 Å². The molecule has 0 bridgehead atoms. The van der Waals surface area contributed by atoms with Gasteiger partial charge in [-0.25, -0.2) is 4.68 Å². The average molecular weight is 318 g/mol. The third-order valence-corrected chi connectivity index (χ3v) is 4.02. The summed E-state index contributed by atoms with van der Waals surface area (Å²) in [6.07, 6.45) is 3.35. The predicted molar refractivity (Wildman–Crippen MR) is 83.2 cm³/mol. The zero-order valence-electron chi connectivity index (χ0n) is 13.7. The molecule has 0 aliphatic carbocycles. The van der Waals surface area contributed by atoms with E-state index < -0.39 is 0 Å². The molecule has 1 atom stereocenters. The van der Waals surface area contributed by atoms with Crippen LogP contribution in [0.4, 0.5) is 0 Å². The first-order chi connectivity index (χ1) is 11.0. The van der Waals surface area contributed by atoms with E-state index in [1.807, 2.05) is 17.9 Å². The van der Waals surface area contributed by atoms with E-state index >= 15 is 0 Å². The molecule has 0 saturated carbocycles. The van der Waals surface area contributed by atoms with Crippen LogP contribution in [0.5, 0.6) is 0 Å². The van der Waals surface area contributed by atoms with Crippen molar-refractivity contribution < 1.29 is 13.9 Å². The molecule has 23 heavy (non-hydrogen) atoms. The maximum absolute atomic E-state index is 12.8. The summed E-state index contributed by atoms with van der Waals surface area (Å²) in [7, 11) is 0. The number of carbonyl (C=O) groups is 1. The molecule has 1 amide bonds. The van der Waals surface area contributed by atoms with Gasteiger partial charge in [0.15, 0.2) is 0 Å². The lowest BCUT2D eigenvalue weighted by Crippen LogP contribution is -2.47. The lowest BCUT2D eigenvalue weighted by atomic mass is 10.1. The quantitative estimate of drug-likeness (QED) is 0.860. The molecule has 3 rings (SSSR count). The molecule has 1 saturated heterocycles. The van der Waals surface area contributed by atoms with Crippen molar-refractivity contribution in [1.29, 1.82) is 0 Å². The van der Waals surface area contributed by atoms with Crippen LogP contribution in [0.3, 0.4) is 0 Å². The van der Waals surface area contributed by atoms with Crippen LogP contribution >= 0.6 is 0 Å². The van der Waals surface area contributed by atoms with Crippen LogP contribution in [0, 0.1) is 6.92 Å². The van der Waals surface area contributed by atoms with Gasteiger partial charge in [-0.05, 0) is 13.0 Å². The Morgan fingerprint density at radius 3 is 2.96 bits per heavy atom. The van der Waals surface area contributed by atoms with Crippen LogP contribution in [-0.2, 0) is 11.3 Å². The number of ether oxygens (including phenoxy) is 1. The molecule has 1 aliphatic heterocycles. The molecule has 7 nitrogen and oxygen atoms in total. The molecule has 1 aliphatic rings. The van der Waals surface area contributed by atoms with Gasteiger partial charge in [-0.15, -0.1) is 5.10 Å². The van der Waals surface area contributed by atoms with Gasteiger partial charge in [0.2, 0.25) is 0 Å². The van der Waals surface area contributed by atoms with Crippen LogP contribution in [0.2, 0.25) is 0 Å². The largest absolute Gasteiger partial charge is 0.465 e. The minimum Gasteiger partial charge on any atom is -0.465 e. The lowest BCUT2D eigenvalue weighted by Gasteiger charge is -2.32. The summed E-state index contributed by atoms with van der Waals surface area (Å²) in [4.78, 5) is 14.6. The molecule has 0 aromatic carbocycles. The van der Waals surface area contributed by atoms with Crippen molar-refractivity contribution in [2.24, 2.45) is 0 Å². The standard InChI is InChI=1S/C16H22N4O3/c1-11(2)15-8-14(12(3)23-15)16(21)19-6-7-22-13(9-19)10-20-5-4-17-18-20/h4-5,8,11,13H,6-7,9-10H2,1-3H3. The van der Waals surface area contributed by atoms with Gasteiger partial charge in [-0.2, -0.15) is 0 Å². The highest BCUT2D eigenvalue weighted by atomic mass is 16.5. The second kappa shape index (κ2) is 6.54. The van der Waals surface area contributed by atoms with E-state index in [9.17, 15) is 4.79 Å². The Bertz CT molecular complexity index is 663. The average Bonchev–Trinajstić information content (AvgIpc) is 3.16. The van der Waals surface area contributed by atoms with Gasteiger partial charge in [0.1, 0.15) is 11.5 Å². The normalized spacial score (nSPS) is 18.6. The van der Waals surface area contributed by atoms with E-state index in [1.54, 1.807) is 17.1 Å². The molecule has 1 fully saturated rings. The molecule has 2 aromatic rings. The molecule has 2 aromatic heterocycles. The molecular weight excluding hydrogens is 296 g/mol. The third kappa shape index (κ3) is 3.44. The van der Waals surface area contributed by atoms with Gasteiger partial charge in [-0.1, -0.05) is 19.1 Å². The summed E-state index contributed by atoms with van der Waals surface area (Å²) >= 11 is 0. The minimum atomic E-state index is -0.0776. The van der Waals surface area contributed by atoms with Gasteiger partial charge in [0.05, 0.1) is 31.0 Å². The first kappa shape index (κ1) is 15.7. The van der Waals surface area contributed by atoms with Gasteiger partial charge in [0.25, 0.3) is 5.91 Å². The SMILES string of the molecule is Cc1oc(C(C)C)cc1C(=O)N1CCOC(Cn2ccnn2)C1. The summed E-state index contributed by atoms with van der Waals surface area (Å²) in [5.74, 6) is 1.79. The third-order valence-electron chi connectivity index (χ3n) is 4.02. The van der Waals surface area contributed by atoms with Crippen molar-refractivity contribution in [1.82, 2.24) is 19.9 Å².